The lowest BCUT2D eigenvalue weighted by molar-refractivity contribution is -0.128. The van der Waals surface area contributed by atoms with Gasteiger partial charge in [-0.1, -0.05) is 11.6 Å². The number of rotatable bonds is 5. The topological polar surface area (TPSA) is 65.2 Å². The van der Waals surface area contributed by atoms with Gasteiger partial charge in [0, 0.05) is 5.56 Å². The molecule has 1 aromatic carbocycles. The Morgan fingerprint density at radius 1 is 1.44 bits per heavy atom. The molecule has 0 aliphatic heterocycles. The van der Waals surface area contributed by atoms with Crippen molar-refractivity contribution in [3.8, 4) is 11.5 Å². The molecule has 7 heteroatoms. The second-order valence-corrected chi connectivity index (χ2v) is 3.75. The molecule has 0 radical (unpaired) electrons. The first-order valence-corrected chi connectivity index (χ1v) is 5.41. The molecule has 0 fully saturated rings. The van der Waals surface area contributed by atoms with Crippen molar-refractivity contribution in [1.29, 1.82) is 0 Å². The average Bonchev–Trinajstić information content (AvgIpc) is 2.82. The molecule has 2 aromatic rings. The van der Waals surface area contributed by atoms with Crippen molar-refractivity contribution in [2.75, 3.05) is 6.61 Å². The number of halogens is 2. The highest BCUT2D eigenvalue weighted by molar-refractivity contribution is 6.30. The highest BCUT2D eigenvalue weighted by Gasteiger charge is 2.10. The fraction of sp³-hybridized carbons (Fsp3) is 0.182. The summed E-state index contributed by atoms with van der Waals surface area (Å²) >= 11 is 5.57. The smallest absolute Gasteiger partial charge is 0.293 e. The third-order valence-corrected chi connectivity index (χ3v) is 2.44. The van der Waals surface area contributed by atoms with Gasteiger partial charge in [-0.15, -0.1) is 10.2 Å². The van der Waals surface area contributed by atoms with E-state index in [0.29, 0.717) is 24.3 Å². The Morgan fingerprint density at radius 2 is 2.28 bits per heavy atom. The molecule has 0 amide bonds. The van der Waals surface area contributed by atoms with Crippen LogP contribution in [0.25, 0.3) is 11.5 Å². The van der Waals surface area contributed by atoms with Gasteiger partial charge in [0.1, 0.15) is 5.82 Å². The van der Waals surface area contributed by atoms with Crippen molar-refractivity contribution in [2.45, 2.75) is 6.42 Å². The zero-order valence-corrected chi connectivity index (χ0v) is 9.85. The van der Waals surface area contributed by atoms with Gasteiger partial charge in [-0.2, -0.15) is 0 Å². The Labute approximate surface area is 107 Å². The Hall–Kier alpha value is -1.95. The largest absolute Gasteiger partial charge is 0.467 e. The SMILES string of the molecule is O=COCCc1nnc(-c2ccc(Cl)c(F)c2)o1. The summed E-state index contributed by atoms with van der Waals surface area (Å²) in [5.41, 5.74) is 0.437. The maximum Gasteiger partial charge on any atom is 0.293 e. The van der Waals surface area contributed by atoms with Crippen LogP contribution in [-0.2, 0) is 16.0 Å². The van der Waals surface area contributed by atoms with Gasteiger partial charge in [0.15, 0.2) is 0 Å². The number of carbonyl (C=O) groups excluding carboxylic acids is 1. The molecule has 1 heterocycles. The first-order valence-electron chi connectivity index (χ1n) is 5.04. The number of nitrogens with zero attached hydrogens (tertiary/aromatic N) is 2. The van der Waals surface area contributed by atoms with E-state index in [9.17, 15) is 9.18 Å². The molecule has 18 heavy (non-hydrogen) atoms. The highest BCUT2D eigenvalue weighted by Crippen LogP contribution is 2.23. The maximum atomic E-state index is 13.2. The summed E-state index contributed by atoms with van der Waals surface area (Å²) in [6, 6.07) is 4.19. The van der Waals surface area contributed by atoms with Gasteiger partial charge in [0.25, 0.3) is 6.47 Å². The van der Waals surface area contributed by atoms with E-state index in [0.717, 1.165) is 0 Å². The Balaban J connectivity index is 2.13. The summed E-state index contributed by atoms with van der Waals surface area (Å²) in [5, 5.41) is 7.54. The molecular formula is C11H8ClFN2O3. The fourth-order valence-electron chi connectivity index (χ4n) is 1.29. The lowest BCUT2D eigenvalue weighted by Crippen LogP contribution is -1.96. The van der Waals surface area contributed by atoms with Gasteiger partial charge in [-0.3, -0.25) is 4.79 Å². The second-order valence-electron chi connectivity index (χ2n) is 3.35. The quantitative estimate of drug-likeness (QED) is 0.616. The van der Waals surface area contributed by atoms with Crippen LogP contribution in [-0.4, -0.2) is 23.3 Å². The second kappa shape index (κ2) is 5.59. The van der Waals surface area contributed by atoms with Crippen molar-refractivity contribution in [3.05, 3.63) is 34.9 Å². The number of aromatic nitrogens is 2. The van der Waals surface area contributed by atoms with Crippen LogP contribution in [0, 0.1) is 5.82 Å². The number of hydrogen-bond donors (Lipinski definition) is 0. The van der Waals surface area contributed by atoms with E-state index in [1.54, 1.807) is 6.07 Å². The number of hydrogen-bond acceptors (Lipinski definition) is 5. The molecular weight excluding hydrogens is 263 g/mol. The molecule has 0 saturated heterocycles. The van der Waals surface area contributed by atoms with Crippen molar-refractivity contribution < 1.29 is 18.3 Å². The van der Waals surface area contributed by atoms with Crippen LogP contribution in [0.15, 0.2) is 22.6 Å². The van der Waals surface area contributed by atoms with Crippen LogP contribution in [0.2, 0.25) is 5.02 Å². The summed E-state index contributed by atoms with van der Waals surface area (Å²) in [7, 11) is 0. The maximum absolute atomic E-state index is 13.2. The van der Waals surface area contributed by atoms with Gasteiger partial charge in [-0.25, -0.2) is 4.39 Å². The lowest BCUT2D eigenvalue weighted by Gasteiger charge is -1.97. The molecule has 5 nitrogen and oxygen atoms in total. The highest BCUT2D eigenvalue weighted by atomic mass is 35.5. The van der Waals surface area contributed by atoms with E-state index in [1.807, 2.05) is 0 Å². The van der Waals surface area contributed by atoms with Gasteiger partial charge >= 0.3 is 0 Å². The van der Waals surface area contributed by atoms with E-state index in [-0.39, 0.29) is 17.5 Å². The van der Waals surface area contributed by atoms with Gasteiger partial charge < -0.3 is 9.15 Å². The minimum absolute atomic E-state index is 0.0258. The number of ether oxygens (including phenoxy) is 1. The summed E-state index contributed by atoms with van der Waals surface area (Å²) in [4.78, 5) is 9.95. The van der Waals surface area contributed by atoms with Crippen LogP contribution in [0.5, 0.6) is 0 Å². The van der Waals surface area contributed by atoms with Crippen molar-refractivity contribution in [3.63, 3.8) is 0 Å². The first kappa shape index (κ1) is 12.5. The molecule has 0 aliphatic rings. The predicted octanol–water partition coefficient (Wildman–Crippen LogP) is 2.24. The van der Waals surface area contributed by atoms with E-state index < -0.39 is 5.82 Å². The van der Waals surface area contributed by atoms with E-state index in [4.69, 9.17) is 16.0 Å². The summed E-state index contributed by atoms with van der Waals surface area (Å²) in [6.07, 6.45) is 0.307. The van der Waals surface area contributed by atoms with Gasteiger partial charge in [0.2, 0.25) is 11.8 Å². The normalized spacial score (nSPS) is 10.3. The number of benzene rings is 1. The third kappa shape index (κ3) is 2.84. The minimum atomic E-state index is -0.557. The molecule has 2 rings (SSSR count). The standard InChI is InChI=1S/C11H8ClFN2O3/c12-8-2-1-7(5-9(8)13)11-15-14-10(18-11)3-4-17-6-16/h1-2,5-6H,3-4H2. The fourth-order valence-corrected chi connectivity index (χ4v) is 1.41. The minimum Gasteiger partial charge on any atom is -0.467 e. The first-order chi connectivity index (χ1) is 8.70. The monoisotopic (exact) mass is 270 g/mol. The molecule has 0 saturated carbocycles. The summed E-state index contributed by atoms with van der Waals surface area (Å²) in [5.74, 6) is -0.0629. The van der Waals surface area contributed by atoms with Crippen LogP contribution < -0.4 is 0 Å². The lowest BCUT2D eigenvalue weighted by atomic mass is 10.2. The van der Waals surface area contributed by atoms with Gasteiger partial charge in [-0.05, 0) is 18.2 Å². The molecule has 0 atom stereocenters. The molecule has 0 N–H and O–H groups in total. The van der Waals surface area contributed by atoms with Crippen LogP contribution in [0.3, 0.4) is 0 Å². The van der Waals surface area contributed by atoms with Crippen molar-refractivity contribution in [1.82, 2.24) is 10.2 Å². The molecule has 0 spiro atoms. The van der Waals surface area contributed by atoms with E-state index >= 15 is 0 Å². The molecule has 1 aromatic heterocycles. The summed E-state index contributed by atoms with van der Waals surface area (Å²) in [6.45, 7) is 0.492. The third-order valence-electron chi connectivity index (χ3n) is 2.14. The molecule has 0 bridgehead atoms. The van der Waals surface area contributed by atoms with Crippen LogP contribution in [0.1, 0.15) is 5.89 Å². The number of carbonyl (C=O) groups is 1. The predicted molar refractivity (Wildman–Crippen MR) is 60.4 cm³/mol. The molecule has 0 aliphatic carbocycles. The van der Waals surface area contributed by atoms with E-state index in [1.165, 1.54) is 12.1 Å². The van der Waals surface area contributed by atoms with Crippen molar-refractivity contribution >= 4 is 18.1 Å². The van der Waals surface area contributed by atoms with Crippen LogP contribution >= 0.6 is 11.6 Å². The van der Waals surface area contributed by atoms with E-state index in [2.05, 4.69) is 14.9 Å². The summed E-state index contributed by atoms with van der Waals surface area (Å²) < 4.78 is 23.0. The molecule has 0 unspecified atom stereocenters. The van der Waals surface area contributed by atoms with Crippen LogP contribution in [0.4, 0.5) is 4.39 Å². The van der Waals surface area contributed by atoms with Gasteiger partial charge in [0.05, 0.1) is 18.1 Å². The Morgan fingerprint density at radius 3 is 3.00 bits per heavy atom. The van der Waals surface area contributed by atoms with Crippen molar-refractivity contribution in [2.24, 2.45) is 0 Å². The zero-order valence-electron chi connectivity index (χ0n) is 9.10. The zero-order chi connectivity index (χ0) is 13.0. The average molecular weight is 271 g/mol. The molecule has 94 valence electrons. The Kier molecular flexibility index (Phi) is 3.88. The Bertz CT molecular complexity index is 559.